The number of rotatable bonds is 4. The lowest BCUT2D eigenvalue weighted by atomic mass is 10.0. The van der Waals surface area contributed by atoms with E-state index in [0.717, 1.165) is 0 Å². The fourth-order valence-corrected chi connectivity index (χ4v) is 4.66. The molecule has 37 heavy (non-hydrogen) atoms. The van der Waals surface area contributed by atoms with E-state index in [2.05, 4.69) is 25.9 Å². The van der Waals surface area contributed by atoms with Crippen molar-refractivity contribution in [2.45, 2.75) is 32.9 Å². The minimum Gasteiger partial charge on any atom is -0.447 e. The van der Waals surface area contributed by atoms with E-state index < -0.39 is 0 Å². The Morgan fingerprint density at radius 3 is 2.70 bits per heavy atom. The molecule has 1 saturated heterocycles. The molecule has 188 valence electrons. The maximum absolute atomic E-state index is 15.0. The molecule has 5 rings (SSSR count). The fraction of sp³-hybridized carbons (Fsp3) is 0.296. The molecule has 4 aromatic rings. The van der Waals surface area contributed by atoms with E-state index in [9.17, 15) is 10.1 Å². The van der Waals surface area contributed by atoms with Crippen LogP contribution in [0.25, 0.3) is 28.0 Å². The number of benzene rings is 1. The van der Waals surface area contributed by atoms with E-state index >= 15 is 4.39 Å². The quantitative estimate of drug-likeness (QED) is 0.406. The molecule has 1 aliphatic rings. The van der Waals surface area contributed by atoms with E-state index in [0.29, 0.717) is 59.0 Å². The van der Waals surface area contributed by atoms with Gasteiger partial charge in [0.1, 0.15) is 23.8 Å². The zero-order chi connectivity index (χ0) is 26.1. The van der Waals surface area contributed by atoms with Gasteiger partial charge in [-0.05, 0) is 39.0 Å². The summed E-state index contributed by atoms with van der Waals surface area (Å²) in [7, 11) is 0. The van der Waals surface area contributed by atoms with Gasteiger partial charge >= 0.3 is 6.09 Å². The molecule has 0 aliphatic carbocycles. The topological polar surface area (TPSA) is 100 Å². The SMILES string of the molecule is CC(C)OC(=O)N1CCN(c2ncnc3c2c(-c2ccccc2F)cn3-c2cc(C#N)ccn2)[C@@H](C)C1. The van der Waals surface area contributed by atoms with Crippen molar-refractivity contribution in [2.24, 2.45) is 0 Å². The van der Waals surface area contributed by atoms with Crippen LogP contribution in [0.1, 0.15) is 26.3 Å². The van der Waals surface area contributed by atoms with Gasteiger partial charge in [-0.1, -0.05) is 18.2 Å². The summed E-state index contributed by atoms with van der Waals surface area (Å²) < 4.78 is 22.2. The Morgan fingerprint density at radius 2 is 1.97 bits per heavy atom. The Labute approximate surface area is 213 Å². The van der Waals surface area contributed by atoms with E-state index in [4.69, 9.17) is 4.74 Å². The first-order valence-electron chi connectivity index (χ1n) is 12.1. The Hall–Kier alpha value is -4.52. The van der Waals surface area contributed by atoms with Gasteiger partial charge in [-0.15, -0.1) is 0 Å². The normalized spacial score (nSPS) is 15.7. The second-order valence-corrected chi connectivity index (χ2v) is 9.22. The molecule has 0 N–H and O–H groups in total. The van der Waals surface area contributed by atoms with Crippen molar-refractivity contribution in [3.8, 4) is 23.0 Å². The summed E-state index contributed by atoms with van der Waals surface area (Å²) in [5.41, 5.74) is 2.01. The minimum absolute atomic E-state index is 0.0802. The van der Waals surface area contributed by atoms with Crippen LogP contribution in [-0.2, 0) is 4.74 Å². The van der Waals surface area contributed by atoms with Crippen molar-refractivity contribution in [2.75, 3.05) is 24.5 Å². The molecule has 1 aliphatic heterocycles. The average molecular weight is 500 g/mol. The number of nitrogens with zero attached hydrogens (tertiary/aromatic N) is 7. The minimum atomic E-state index is -0.371. The largest absolute Gasteiger partial charge is 0.447 e. The van der Waals surface area contributed by atoms with Crippen LogP contribution in [0.4, 0.5) is 15.0 Å². The molecule has 0 bridgehead atoms. The molecule has 1 atom stereocenters. The highest BCUT2D eigenvalue weighted by Crippen LogP contribution is 2.38. The van der Waals surface area contributed by atoms with E-state index in [1.807, 2.05) is 20.8 Å². The maximum atomic E-state index is 15.0. The summed E-state index contributed by atoms with van der Waals surface area (Å²) in [6.07, 6.45) is 4.28. The molecular weight excluding hydrogens is 473 g/mol. The number of aromatic nitrogens is 4. The van der Waals surface area contributed by atoms with Crippen LogP contribution in [0.15, 0.2) is 55.1 Å². The van der Waals surface area contributed by atoms with Gasteiger partial charge in [-0.25, -0.2) is 24.1 Å². The summed E-state index contributed by atoms with van der Waals surface area (Å²) in [6.45, 7) is 7.10. The van der Waals surface area contributed by atoms with Gasteiger partial charge in [0.05, 0.1) is 23.1 Å². The number of carbonyl (C=O) groups is 1. The number of hydrogen-bond donors (Lipinski definition) is 0. The van der Waals surface area contributed by atoms with Crippen molar-refractivity contribution in [3.05, 3.63) is 66.5 Å². The summed E-state index contributed by atoms with van der Waals surface area (Å²) >= 11 is 0. The number of amides is 1. The molecule has 9 nitrogen and oxygen atoms in total. The molecular formula is C27H26FN7O2. The first kappa shape index (κ1) is 24.2. The first-order valence-corrected chi connectivity index (χ1v) is 12.1. The molecule has 4 heterocycles. The van der Waals surface area contributed by atoms with Gasteiger partial charge in [0.25, 0.3) is 0 Å². The number of carbonyl (C=O) groups excluding carboxylic acids is 1. The number of pyridine rings is 1. The lowest BCUT2D eigenvalue weighted by molar-refractivity contribution is 0.0715. The number of nitriles is 1. The van der Waals surface area contributed by atoms with Gasteiger partial charge in [-0.3, -0.25) is 4.57 Å². The molecule has 1 fully saturated rings. The van der Waals surface area contributed by atoms with E-state index in [1.165, 1.54) is 12.4 Å². The van der Waals surface area contributed by atoms with Crippen molar-refractivity contribution < 1.29 is 13.9 Å². The van der Waals surface area contributed by atoms with Gasteiger partial charge in [-0.2, -0.15) is 5.26 Å². The smallest absolute Gasteiger partial charge is 0.410 e. The Kier molecular flexibility index (Phi) is 6.44. The lowest BCUT2D eigenvalue weighted by Crippen LogP contribution is -2.54. The summed E-state index contributed by atoms with van der Waals surface area (Å²) in [5.74, 6) is 0.762. The number of piperazine rings is 1. The number of hydrogen-bond acceptors (Lipinski definition) is 7. The van der Waals surface area contributed by atoms with Crippen LogP contribution in [0.2, 0.25) is 0 Å². The molecule has 0 radical (unpaired) electrons. The third-order valence-electron chi connectivity index (χ3n) is 6.34. The lowest BCUT2D eigenvalue weighted by Gasteiger charge is -2.40. The standard InChI is InChI=1S/C27H26FN7O2/c1-17(2)37-27(36)33-10-11-34(18(3)14-33)25-24-21(20-6-4-5-7-22(20)28)15-35(26(24)32-16-31-25)23-12-19(13-29)8-9-30-23/h4-9,12,15-18H,10-11,14H2,1-3H3/t18-/m0/s1. The number of ether oxygens (including phenoxy) is 1. The summed E-state index contributed by atoms with van der Waals surface area (Å²) in [6, 6.07) is 11.9. The van der Waals surface area contributed by atoms with Gasteiger partial charge < -0.3 is 14.5 Å². The Balaban J connectivity index is 1.64. The third kappa shape index (κ3) is 4.56. The second-order valence-electron chi connectivity index (χ2n) is 9.22. The van der Waals surface area contributed by atoms with Crippen LogP contribution in [0.5, 0.6) is 0 Å². The van der Waals surface area contributed by atoms with Crippen molar-refractivity contribution in [1.29, 1.82) is 5.26 Å². The summed E-state index contributed by atoms with van der Waals surface area (Å²) in [4.78, 5) is 29.9. The number of fused-ring (bicyclic) bond motifs is 1. The van der Waals surface area contributed by atoms with Crippen molar-refractivity contribution in [3.63, 3.8) is 0 Å². The van der Waals surface area contributed by atoms with Crippen molar-refractivity contribution >= 4 is 22.9 Å². The fourth-order valence-electron chi connectivity index (χ4n) is 4.66. The zero-order valence-electron chi connectivity index (χ0n) is 20.8. The highest BCUT2D eigenvalue weighted by Gasteiger charge is 2.31. The molecule has 1 aromatic carbocycles. The van der Waals surface area contributed by atoms with Crippen LogP contribution in [0.3, 0.4) is 0 Å². The van der Waals surface area contributed by atoms with Crippen molar-refractivity contribution in [1.82, 2.24) is 24.4 Å². The molecule has 10 heteroatoms. The highest BCUT2D eigenvalue weighted by atomic mass is 19.1. The predicted molar refractivity (Wildman–Crippen MR) is 137 cm³/mol. The van der Waals surface area contributed by atoms with Gasteiger partial charge in [0, 0.05) is 49.2 Å². The number of halogens is 1. The van der Waals surface area contributed by atoms with Crippen LogP contribution < -0.4 is 4.90 Å². The molecule has 3 aromatic heterocycles. The van der Waals surface area contributed by atoms with Gasteiger partial charge in [0.2, 0.25) is 0 Å². The predicted octanol–water partition coefficient (Wildman–Crippen LogP) is 4.55. The third-order valence-corrected chi connectivity index (χ3v) is 6.34. The van der Waals surface area contributed by atoms with E-state index in [-0.39, 0.29) is 24.1 Å². The van der Waals surface area contributed by atoms with Crippen LogP contribution in [-0.4, -0.2) is 62.3 Å². The molecule has 0 unspecified atom stereocenters. The first-order chi connectivity index (χ1) is 17.9. The number of anilines is 1. The monoisotopic (exact) mass is 499 g/mol. The van der Waals surface area contributed by atoms with Crippen LogP contribution in [0, 0.1) is 17.1 Å². The molecule has 0 spiro atoms. The average Bonchev–Trinajstić information content (AvgIpc) is 3.28. The second kappa shape index (κ2) is 9.85. The van der Waals surface area contributed by atoms with Gasteiger partial charge in [0.15, 0.2) is 5.65 Å². The highest BCUT2D eigenvalue weighted by molar-refractivity contribution is 6.02. The Morgan fingerprint density at radius 1 is 1.16 bits per heavy atom. The summed E-state index contributed by atoms with van der Waals surface area (Å²) in [5, 5.41) is 10.1. The molecule has 1 amide bonds. The van der Waals surface area contributed by atoms with Crippen LogP contribution >= 0.6 is 0 Å². The molecule has 0 saturated carbocycles. The van der Waals surface area contributed by atoms with E-state index in [1.54, 1.807) is 52.2 Å². The Bertz CT molecular complexity index is 1510. The zero-order valence-corrected chi connectivity index (χ0v) is 20.8. The maximum Gasteiger partial charge on any atom is 0.410 e.